The van der Waals surface area contributed by atoms with Gasteiger partial charge in [-0.15, -0.1) is 0 Å². The quantitative estimate of drug-likeness (QED) is 0.920. The van der Waals surface area contributed by atoms with Crippen LogP contribution in [0, 0.1) is 31.6 Å². The molecule has 4 aliphatic carbocycles. The van der Waals surface area contributed by atoms with Crippen molar-refractivity contribution in [3.8, 4) is 5.82 Å². The molecule has 4 bridgehead atoms. The van der Waals surface area contributed by atoms with Gasteiger partial charge in [0.05, 0.1) is 11.3 Å². The normalized spacial score (nSPS) is 32.0. The van der Waals surface area contributed by atoms with E-state index in [4.69, 9.17) is 0 Å². The van der Waals surface area contributed by atoms with Gasteiger partial charge in [-0.25, -0.2) is 9.67 Å². The van der Waals surface area contributed by atoms with E-state index in [1.54, 1.807) is 6.20 Å². The minimum Gasteiger partial charge on any atom is -0.347 e. The lowest BCUT2D eigenvalue weighted by atomic mass is 9.53. The first-order valence-electron chi connectivity index (χ1n) is 9.82. The van der Waals surface area contributed by atoms with E-state index in [1.165, 1.54) is 38.5 Å². The summed E-state index contributed by atoms with van der Waals surface area (Å²) in [7, 11) is 0. The predicted molar refractivity (Wildman–Crippen MR) is 99.2 cm³/mol. The van der Waals surface area contributed by atoms with Crippen molar-refractivity contribution in [3.63, 3.8) is 0 Å². The Labute approximate surface area is 154 Å². The highest BCUT2D eigenvalue weighted by molar-refractivity contribution is 5.94. The minimum atomic E-state index is 0.0272. The van der Waals surface area contributed by atoms with Crippen molar-refractivity contribution in [2.45, 2.75) is 57.9 Å². The zero-order chi connectivity index (χ0) is 17.9. The monoisotopic (exact) mass is 350 g/mol. The molecule has 2 heterocycles. The average molecular weight is 350 g/mol. The average Bonchev–Trinajstić information content (AvgIpc) is 2.91. The molecule has 0 saturated heterocycles. The number of carbonyl (C=O) groups is 1. The van der Waals surface area contributed by atoms with Crippen LogP contribution in [-0.4, -0.2) is 26.2 Å². The molecule has 6 rings (SSSR count). The molecule has 5 heteroatoms. The van der Waals surface area contributed by atoms with Gasteiger partial charge < -0.3 is 5.32 Å². The van der Waals surface area contributed by atoms with E-state index in [2.05, 4.69) is 15.4 Å². The number of pyridine rings is 1. The lowest BCUT2D eigenvalue weighted by Gasteiger charge is -2.56. The van der Waals surface area contributed by atoms with Crippen LogP contribution in [-0.2, 0) is 0 Å². The Kier molecular flexibility index (Phi) is 3.49. The van der Waals surface area contributed by atoms with Gasteiger partial charge in [-0.1, -0.05) is 0 Å². The van der Waals surface area contributed by atoms with Crippen LogP contribution in [0.3, 0.4) is 0 Å². The molecule has 0 spiro atoms. The summed E-state index contributed by atoms with van der Waals surface area (Å²) >= 11 is 0. The van der Waals surface area contributed by atoms with Crippen molar-refractivity contribution in [2.75, 3.05) is 0 Å². The van der Waals surface area contributed by atoms with Gasteiger partial charge in [-0.2, -0.15) is 5.10 Å². The van der Waals surface area contributed by atoms with Gasteiger partial charge in [0.1, 0.15) is 0 Å². The fourth-order valence-electron chi connectivity index (χ4n) is 6.08. The van der Waals surface area contributed by atoms with E-state index in [0.29, 0.717) is 5.56 Å². The van der Waals surface area contributed by atoms with Gasteiger partial charge >= 0.3 is 0 Å². The van der Waals surface area contributed by atoms with Gasteiger partial charge in [0, 0.05) is 17.4 Å². The van der Waals surface area contributed by atoms with Gasteiger partial charge in [-0.05, 0) is 88.3 Å². The maximum Gasteiger partial charge on any atom is 0.253 e. The Morgan fingerprint density at radius 2 is 1.77 bits per heavy atom. The number of aryl methyl sites for hydroxylation is 2. The Bertz CT molecular complexity index is 816. The van der Waals surface area contributed by atoms with Crippen LogP contribution >= 0.6 is 0 Å². The molecule has 0 aliphatic heterocycles. The summed E-state index contributed by atoms with van der Waals surface area (Å²) in [5.41, 5.74) is 2.69. The second-order valence-electron chi connectivity index (χ2n) is 8.90. The lowest BCUT2D eigenvalue weighted by molar-refractivity contribution is -0.0167. The van der Waals surface area contributed by atoms with Crippen molar-refractivity contribution in [1.82, 2.24) is 20.1 Å². The number of hydrogen-bond acceptors (Lipinski definition) is 3. The molecular formula is C21H26N4O. The zero-order valence-corrected chi connectivity index (χ0v) is 15.5. The number of nitrogens with one attached hydrogen (secondary N) is 1. The molecule has 1 N–H and O–H groups in total. The predicted octanol–water partition coefficient (Wildman–Crippen LogP) is 3.58. The van der Waals surface area contributed by atoms with E-state index in [9.17, 15) is 4.79 Å². The van der Waals surface area contributed by atoms with E-state index in [0.717, 1.165) is 35.0 Å². The zero-order valence-electron chi connectivity index (χ0n) is 15.5. The van der Waals surface area contributed by atoms with E-state index in [-0.39, 0.29) is 11.4 Å². The largest absolute Gasteiger partial charge is 0.347 e. The Morgan fingerprint density at radius 1 is 1.12 bits per heavy atom. The smallest absolute Gasteiger partial charge is 0.253 e. The first-order chi connectivity index (χ1) is 12.5. The van der Waals surface area contributed by atoms with Gasteiger partial charge in [0.2, 0.25) is 0 Å². The third kappa shape index (κ3) is 2.65. The number of amides is 1. The number of aromatic nitrogens is 3. The summed E-state index contributed by atoms with van der Waals surface area (Å²) in [5, 5.41) is 7.87. The SMILES string of the molecule is Cc1cc(C)n(-c2ccc(C(=O)NC34CC5CC(CC(C5)C3)C4)cn2)n1. The fourth-order valence-corrected chi connectivity index (χ4v) is 6.08. The summed E-state index contributed by atoms with van der Waals surface area (Å²) in [4.78, 5) is 17.4. The van der Waals surface area contributed by atoms with Crippen LogP contribution in [0.25, 0.3) is 5.82 Å². The van der Waals surface area contributed by atoms with Crippen LogP contribution in [0.5, 0.6) is 0 Å². The van der Waals surface area contributed by atoms with Crippen LogP contribution in [0.15, 0.2) is 24.4 Å². The highest BCUT2D eigenvalue weighted by Crippen LogP contribution is 2.55. The maximum absolute atomic E-state index is 12.9. The van der Waals surface area contributed by atoms with Crippen molar-refractivity contribution in [2.24, 2.45) is 17.8 Å². The third-order valence-corrected chi connectivity index (χ3v) is 6.65. The molecule has 2 aromatic heterocycles. The molecule has 0 radical (unpaired) electrons. The molecular weight excluding hydrogens is 324 g/mol. The van der Waals surface area contributed by atoms with Crippen molar-refractivity contribution < 1.29 is 4.79 Å². The van der Waals surface area contributed by atoms with E-state index >= 15 is 0 Å². The Morgan fingerprint density at radius 3 is 2.27 bits per heavy atom. The van der Waals surface area contributed by atoms with Crippen LogP contribution in [0.2, 0.25) is 0 Å². The second kappa shape index (κ2) is 5.66. The molecule has 4 fully saturated rings. The summed E-state index contributed by atoms with van der Waals surface area (Å²) in [6, 6.07) is 5.78. The molecule has 136 valence electrons. The summed E-state index contributed by atoms with van der Waals surface area (Å²) in [6.45, 7) is 3.98. The van der Waals surface area contributed by atoms with Crippen molar-refractivity contribution in [1.29, 1.82) is 0 Å². The first kappa shape index (κ1) is 16.0. The Balaban J connectivity index is 1.34. The van der Waals surface area contributed by atoms with E-state index in [1.807, 2.05) is 36.7 Å². The first-order valence-corrected chi connectivity index (χ1v) is 9.82. The molecule has 4 aliphatic rings. The summed E-state index contributed by atoms with van der Waals surface area (Å²) in [6.07, 6.45) is 9.34. The van der Waals surface area contributed by atoms with Gasteiger partial charge in [0.25, 0.3) is 5.91 Å². The van der Waals surface area contributed by atoms with Crippen LogP contribution in [0.4, 0.5) is 0 Å². The van der Waals surface area contributed by atoms with E-state index < -0.39 is 0 Å². The number of nitrogens with zero attached hydrogens (tertiary/aromatic N) is 3. The second-order valence-corrected chi connectivity index (χ2v) is 8.90. The van der Waals surface area contributed by atoms with Gasteiger partial charge in [-0.3, -0.25) is 4.79 Å². The topological polar surface area (TPSA) is 59.8 Å². The van der Waals surface area contributed by atoms with Gasteiger partial charge in [0.15, 0.2) is 5.82 Å². The van der Waals surface area contributed by atoms with Crippen LogP contribution in [0.1, 0.15) is 60.3 Å². The number of carbonyl (C=O) groups excluding carboxylic acids is 1. The fraction of sp³-hybridized carbons (Fsp3) is 0.571. The van der Waals surface area contributed by atoms with Crippen LogP contribution < -0.4 is 5.32 Å². The molecule has 2 aromatic rings. The van der Waals surface area contributed by atoms with Crippen molar-refractivity contribution in [3.05, 3.63) is 41.3 Å². The highest BCUT2D eigenvalue weighted by atomic mass is 16.1. The standard InChI is InChI=1S/C21H26N4O/c1-13-5-14(2)25(24-13)19-4-3-18(12-22-19)20(26)23-21-9-15-6-16(10-21)8-17(7-15)11-21/h3-5,12,15-17H,6-11H2,1-2H3,(H,23,26). The molecule has 0 unspecified atom stereocenters. The third-order valence-electron chi connectivity index (χ3n) is 6.65. The van der Waals surface area contributed by atoms with Crippen molar-refractivity contribution >= 4 is 5.91 Å². The molecule has 0 atom stereocenters. The molecule has 26 heavy (non-hydrogen) atoms. The summed E-state index contributed by atoms with van der Waals surface area (Å²) in [5.74, 6) is 3.26. The number of hydrogen-bond donors (Lipinski definition) is 1. The summed E-state index contributed by atoms with van der Waals surface area (Å²) < 4.78 is 1.82. The minimum absolute atomic E-state index is 0.0272. The molecule has 1 amide bonds. The Hall–Kier alpha value is -2.17. The maximum atomic E-state index is 12.9. The number of rotatable bonds is 3. The molecule has 4 saturated carbocycles. The highest BCUT2D eigenvalue weighted by Gasteiger charge is 2.51. The lowest BCUT2D eigenvalue weighted by Crippen LogP contribution is -2.59. The molecule has 5 nitrogen and oxygen atoms in total. The molecule has 0 aromatic carbocycles.